The predicted molar refractivity (Wildman–Crippen MR) is 91.5 cm³/mol. The molecule has 0 bridgehead atoms. The third-order valence-electron chi connectivity index (χ3n) is 4.05. The van der Waals surface area contributed by atoms with Crippen molar-refractivity contribution in [2.45, 2.75) is 78.1 Å². The Bertz CT molecular complexity index is 356. The molecule has 0 spiro atoms. The summed E-state index contributed by atoms with van der Waals surface area (Å²) in [7, 11) is 0. The molecular formula is C19H32FN. The lowest BCUT2D eigenvalue weighted by atomic mass is 10.1. The van der Waals surface area contributed by atoms with Gasteiger partial charge in [-0.3, -0.25) is 0 Å². The summed E-state index contributed by atoms with van der Waals surface area (Å²) in [6.45, 7) is 5.08. The lowest BCUT2D eigenvalue weighted by molar-refractivity contribution is 0.559. The average molecular weight is 293 g/mol. The van der Waals surface area contributed by atoms with Crippen molar-refractivity contribution in [3.8, 4) is 0 Å². The molecule has 120 valence electrons. The van der Waals surface area contributed by atoms with Crippen molar-refractivity contribution in [2.75, 3.05) is 11.9 Å². The second kappa shape index (κ2) is 11.6. The molecule has 0 radical (unpaired) electrons. The molecule has 0 aliphatic rings. The summed E-state index contributed by atoms with van der Waals surface area (Å²) in [5.74, 6) is -0.137. The van der Waals surface area contributed by atoms with Crippen LogP contribution in [0.15, 0.2) is 18.2 Å². The number of anilines is 1. The molecule has 0 heterocycles. The molecule has 0 unspecified atom stereocenters. The Balaban J connectivity index is 1.95. The highest BCUT2D eigenvalue weighted by atomic mass is 19.1. The minimum absolute atomic E-state index is 0.137. The van der Waals surface area contributed by atoms with E-state index in [4.69, 9.17) is 0 Å². The molecule has 1 nitrogen and oxygen atoms in total. The fourth-order valence-corrected chi connectivity index (χ4v) is 2.68. The van der Waals surface area contributed by atoms with Crippen molar-refractivity contribution in [1.29, 1.82) is 0 Å². The van der Waals surface area contributed by atoms with E-state index in [2.05, 4.69) is 12.2 Å². The van der Waals surface area contributed by atoms with Crippen LogP contribution in [0.3, 0.4) is 0 Å². The molecule has 0 fully saturated rings. The first-order chi connectivity index (χ1) is 10.3. The number of aryl methyl sites for hydroxylation is 1. The Morgan fingerprint density at radius 3 is 2.00 bits per heavy atom. The van der Waals surface area contributed by atoms with Gasteiger partial charge in [0.15, 0.2) is 0 Å². The Kier molecular flexibility index (Phi) is 9.94. The fourth-order valence-electron chi connectivity index (χ4n) is 2.68. The highest BCUT2D eigenvalue weighted by Gasteiger charge is 2.03. The Labute approximate surface area is 130 Å². The van der Waals surface area contributed by atoms with Crippen LogP contribution >= 0.6 is 0 Å². The van der Waals surface area contributed by atoms with Gasteiger partial charge in [-0.25, -0.2) is 4.39 Å². The zero-order valence-electron chi connectivity index (χ0n) is 13.9. The van der Waals surface area contributed by atoms with E-state index in [0.29, 0.717) is 5.69 Å². The summed E-state index contributed by atoms with van der Waals surface area (Å²) in [5, 5.41) is 3.23. The van der Waals surface area contributed by atoms with Gasteiger partial charge in [-0.2, -0.15) is 0 Å². The van der Waals surface area contributed by atoms with E-state index in [0.717, 1.165) is 18.5 Å². The monoisotopic (exact) mass is 293 g/mol. The number of hydrogen-bond donors (Lipinski definition) is 1. The number of rotatable bonds is 12. The fraction of sp³-hybridized carbons (Fsp3) is 0.684. The van der Waals surface area contributed by atoms with Crippen LogP contribution in [0.1, 0.15) is 76.7 Å². The second-order valence-corrected chi connectivity index (χ2v) is 6.04. The normalized spacial score (nSPS) is 10.8. The van der Waals surface area contributed by atoms with Crippen molar-refractivity contribution in [2.24, 2.45) is 0 Å². The molecule has 0 aliphatic heterocycles. The van der Waals surface area contributed by atoms with Gasteiger partial charge in [0.05, 0.1) is 5.69 Å². The van der Waals surface area contributed by atoms with Crippen LogP contribution in [0.25, 0.3) is 0 Å². The summed E-state index contributed by atoms with van der Waals surface area (Å²) in [6, 6.07) is 5.23. The van der Waals surface area contributed by atoms with Crippen molar-refractivity contribution in [3.63, 3.8) is 0 Å². The van der Waals surface area contributed by atoms with Crippen LogP contribution in [0.4, 0.5) is 10.1 Å². The maximum absolute atomic E-state index is 13.6. The SMILES string of the molecule is CCCCCCCCCCCCNc1c(C)cccc1F. The summed E-state index contributed by atoms with van der Waals surface area (Å²) in [6.07, 6.45) is 13.3. The van der Waals surface area contributed by atoms with Crippen LogP contribution in [0.5, 0.6) is 0 Å². The lowest BCUT2D eigenvalue weighted by Gasteiger charge is -2.10. The summed E-state index contributed by atoms with van der Waals surface area (Å²) in [5.41, 5.74) is 1.66. The van der Waals surface area contributed by atoms with E-state index < -0.39 is 0 Å². The van der Waals surface area contributed by atoms with Crippen LogP contribution in [-0.4, -0.2) is 6.54 Å². The zero-order chi connectivity index (χ0) is 15.3. The quantitative estimate of drug-likeness (QED) is 0.436. The molecule has 0 atom stereocenters. The van der Waals surface area contributed by atoms with E-state index in [1.165, 1.54) is 63.9 Å². The van der Waals surface area contributed by atoms with Gasteiger partial charge in [0.2, 0.25) is 0 Å². The van der Waals surface area contributed by atoms with Crippen LogP contribution in [0, 0.1) is 12.7 Å². The van der Waals surface area contributed by atoms with Crippen LogP contribution < -0.4 is 5.32 Å². The molecule has 0 saturated heterocycles. The van der Waals surface area contributed by atoms with Gasteiger partial charge < -0.3 is 5.32 Å². The third kappa shape index (κ3) is 8.08. The van der Waals surface area contributed by atoms with Crippen molar-refractivity contribution < 1.29 is 4.39 Å². The number of halogens is 1. The molecule has 1 rings (SSSR count). The first-order valence-corrected chi connectivity index (χ1v) is 8.74. The molecule has 21 heavy (non-hydrogen) atoms. The molecule has 0 aromatic heterocycles. The Morgan fingerprint density at radius 2 is 1.43 bits per heavy atom. The second-order valence-electron chi connectivity index (χ2n) is 6.04. The molecule has 1 N–H and O–H groups in total. The van der Waals surface area contributed by atoms with E-state index in [1.807, 2.05) is 13.0 Å². The third-order valence-corrected chi connectivity index (χ3v) is 4.05. The summed E-state index contributed by atoms with van der Waals surface area (Å²) < 4.78 is 13.6. The van der Waals surface area contributed by atoms with Gasteiger partial charge in [0.1, 0.15) is 5.82 Å². The average Bonchev–Trinajstić information content (AvgIpc) is 2.47. The molecule has 0 aliphatic carbocycles. The van der Waals surface area contributed by atoms with Gasteiger partial charge in [0, 0.05) is 6.54 Å². The van der Waals surface area contributed by atoms with E-state index in [-0.39, 0.29) is 5.82 Å². The number of para-hydroxylation sites is 1. The number of hydrogen-bond acceptors (Lipinski definition) is 1. The Morgan fingerprint density at radius 1 is 0.857 bits per heavy atom. The maximum atomic E-state index is 13.6. The van der Waals surface area contributed by atoms with Crippen LogP contribution in [-0.2, 0) is 0 Å². The number of nitrogens with one attached hydrogen (secondary N) is 1. The zero-order valence-corrected chi connectivity index (χ0v) is 13.9. The summed E-state index contributed by atoms with van der Waals surface area (Å²) >= 11 is 0. The van der Waals surface area contributed by atoms with Crippen molar-refractivity contribution >= 4 is 5.69 Å². The highest BCUT2D eigenvalue weighted by Crippen LogP contribution is 2.18. The van der Waals surface area contributed by atoms with E-state index >= 15 is 0 Å². The predicted octanol–water partition coefficient (Wildman–Crippen LogP) is 6.47. The van der Waals surface area contributed by atoms with E-state index in [9.17, 15) is 4.39 Å². The van der Waals surface area contributed by atoms with Gasteiger partial charge >= 0.3 is 0 Å². The largest absolute Gasteiger partial charge is 0.382 e. The van der Waals surface area contributed by atoms with Crippen molar-refractivity contribution in [3.05, 3.63) is 29.6 Å². The standard InChI is InChI=1S/C19H32FN/c1-3-4-5-6-7-8-9-10-11-12-16-21-19-17(2)14-13-15-18(19)20/h13-15,21H,3-12,16H2,1-2H3. The molecule has 0 amide bonds. The first kappa shape index (κ1) is 18.0. The molecular weight excluding hydrogens is 261 g/mol. The highest BCUT2D eigenvalue weighted by molar-refractivity contribution is 5.51. The first-order valence-electron chi connectivity index (χ1n) is 8.74. The van der Waals surface area contributed by atoms with Gasteiger partial charge in [-0.1, -0.05) is 76.8 Å². The lowest BCUT2D eigenvalue weighted by Crippen LogP contribution is -2.05. The van der Waals surface area contributed by atoms with Gasteiger partial charge in [-0.15, -0.1) is 0 Å². The van der Waals surface area contributed by atoms with E-state index in [1.54, 1.807) is 6.07 Å². The topological polar surface area (TPSA) is 12.0 Å². The number of benzene rings is 1. The summed E-state index contributed by atoms with van der Waals surface area (Å²) in [4.78, 5) is 0. The van der Waals surface area contributed by atoms with Crippen LogP contribution in [0.2, 0.25) is 0 Å². The molecule has 1 aromatic carbocycles. The van der Waals surface area contributed by atoms with Crippen molar-refractivity contribution in [1.82, 2.24) is 0 Å². The minimum Gasteiger partial charge on any atom is -0.382 e. The van der Waals surface area contributed by atoms with Gasteiger partial charge in [0.25, 0.3) is 0 Å². The van der Waals surface area contributed by atoms with Gasteiger partial charge in [-0.05, 0) is 25.0 Å². The maximum Gasteiger partial charge on any atom is 0.146 e. The Hall–Kier alpha value is -1.05. The molecule has 1 aromatic rings. The molecule has 0 saturated carbocycles. The minimum atomic E-state index is -0.137. The number of unbranched alkanes of at least 4 members (excludes halogenated alkanes) is 9. The molecule has 2 heteroatoms. The smallest absolute Gasteiger partial charge is 0.146 e.